The van der Waals surface area contributed by atoms with Gasteiger partial charge in [0.15, 0.2) is 5.17 Å². The quantitative estimate of drug-likeness (QED) is 0.847. The summed E-state index contributed by atoms with van der Waals surface area (Å²) in [5, 5.41) is 5.13. The molecule has 110 valence electrons. The maximum atomic E-state index is 4.62. The third kappa shape index (κ3) is 4.86. The highest BCUT2D eigenvalue weighted by Gasteiger charge is 2.24. The molecular weight excluding hydrogens is 264 g/mol. The summed E-state index contributed by atoms with van der Waals surface area (Å²) in [4.78, 5) is 4.62. The Morgan fingerprint density at radius 3 is 2.55 bits per heavy atom. The Morgan fingerprint density at radius 2 is 1.95 bits per heavy atom. The lowest BCUT2D eigenvalue weighted by Gasteiger charge is -2.21. The van der Waals surface area contributed by atoms with Crippen LogP contribution in [0.1, 0.15) is 46.1 Å². The van der Waals surface area contributed by atoms with Crippen molar-refractivity contribution in [2.24, 2.45) is 10.4 Å². The first-order valence-electron chi connectivity index (χ1n) is 7.53. The average molecular weight is 290 g/mol. The standard InChI is InChI=1S/C17H26N2S/c1-5-6-13-7-9-14(10-8-13)19-16-18-12-15(20-16)11-17(2,3)4/h7-10,15H,5-6,11-12H2,1-4H3,(H,18,19). The molecule has 2 rings (SSSR count). The van der Waals surface area contributed by atoms with E-state index in [1.54, 1.807) is 0 Å². The van der Waals surface area contributed by atoms with Crippen molar-refractivity contribution in [3.63, 3.8) is 0 Å². The van der Waals surface area contributed by atoms with E-state index in [-0.39, 0.29) is 0 Å². The van der Waals surface area contributed by atoms with Crippen LogP contribution in [0.2, 0.25) is 0 Å². The highest BCUT2D eigenvalue weighted by atomic mass is 32.2. The number of hydrogen-bond acceptors (Lipinski definition) is 3. The zero-order chi connectivity index (χ0) is 14.6. The van der Waals surface area contributed by atoms with Crippen LogP contribution in [0.25, 0.3) is 0 Å². The second-order valence-electron chi connectivity index (χ2n) is 6.72. The van der Waals surface area contributed by atoms with Crippen molar-refractivity contribution in [3.8, 4) is 0 Å². The van der Waals surface area contributed by atoms with Crippen molar-refractivity contribution in [1.82, 2.24) is 0 Å². The van der Waals surface area contributed by atoms with E-state index in [2.05, 4.69) is 62.3 Å². The number of aryl methyl sites for hydroxylation is 1. The first-order valence-corrected chi connectivity index (χ1v) is 8.41. The molecule has 1 aliphatic heterocycles. The molecule has 0 spiro atoms. The van der Waals surface area contributed by atoms with Crippen LogP contribution < -0.4 is 5.32 Å². The van der Waals surface area contributed by atoms with Gasteiger partial charge in [0.1, 0.15) is 0 Å². The van der Waals surface area contributed by atoms with Gasteiger partial charge in [-0.05, 0) is 36.0 Å². The molecule has 1 unspecified atom stereocenters. The number of thioether (sulfide) groups is 1. The van der Waals surface area contributed by atoms with Gasteiger partial charge in [-0.2, -0.15) is 0 Å². The molecule has 1 atom stereocenters. The second-order valence-corrected chi connectivity index (χ2v) is 8.01. The minimum absolute atomic E-state index is 0.379. The number of hydrogen-bond donors (Lipinski definition) is 1. The number of benzene rings is 1. The minimum atomic E-state index is 0.379. The lowest BCUT2D eigenvalue weighted by Crippen LogP contribution is -2.16. The monoisotopic (exact) mass is 290 g/mol. The first-order chi connectivity index (χ1) is 9.46. The first kappa shape index (κ1) is 15.4. The number of anilines is 1. The van der Waals surface area contributed by atoms with E-state index in [4.69, 9.17) is 0 Å². The van der Waals surface area contributed by atoms with E-state index < -0.39 is 0 Å². The molecule has 0 aliphatic carbocycles. The number of aliphatic imine (C=N–C) groups is 1. The molecule has 1 aromatic carbocycles. The molecule has 0 aromatic heterocycles. The summed E-state index contributed by atoms with van der Waals surface area (Å²) in [5.74, 6) is 0. The fourth-order valence-electron chi connectivity index (χ4n) is 2.44. The second kappa shape index (κ2) is 6.66. The number of rotatable bonds is 4. The van der Waals surface area contributed by atoms with Crippen molar-refractivity contribution >= 4 is 22.6 Å². The van der Waals surface area contributed by atoms with Crippen molar-refractivity contribution in [1.29, 1.82) is 0 Å². The highest BCUT2D eigenvalue weighted by Crippen LogP contribution is 2.32. The summed E-state index contributed by atoms with van der Waals surface area (Å²) in [6.45, 7) is 10.0. The normalized spacial score (nSPS) is 19.0. The predicted molar refractivity (Wildman–Crippen MR) is 91.8 cm³/mol. The van der Waals surface area contributed by atoms with Gasteiger partial charge in [-0.3, -0.25) is 4.99 Å². The van der Waals surface area contributed by atoms with Crippen LogP contribution in [0.15, 0.2) is 29.3 Å². The van der Waals surface area contributed by atoms with Crippen LogP contribution >= 0.6 is 11.8 Å². The molecular formula is C17H26N2S. The van der Waals surface area contributed by atoms with E-state index in [0.717, 1.165) is 23.8 Å². The highest BCUT2D eigenvalue weighted by molar-refractivity contribution is 8.15. The molecule has 2 nitrogen and oxygen atoms in total. The lowest BCUT2D eigenvalue weighted by molar-refractivity contribution is 0.375. The predicted octanol–water partition coefficient (Wildman–Crippen LogP) is 4.96. The third-order valence-corrected chi connectivity index (χ3v) is 4.40. The van der Waals surface area contributed by atoms with Crippen LogP contribution in [0.4, 0.5) is 5.69 Å². The summed E-state index contributed by atoms with van der Waals surface area (Å²) in [6, 6.07) is 8.73. The number of nitrogens with one attached hydrogen (secondary N) is 1. The minimum Gasteiger partial charge on any atom is -0.335 e. The smallest absolute Gasteiger partial charge is 0.161 e. The van der Waals surface area contributed by atoms with Gasteiger partial charge >= 0.3 is 0 Å². The molecule has 20 heavy (non-hydrogen) atoms. The summed E-state index contributed by atoms with van der Waals surface area (Å²) in [6.07, 6.45) is 3.56. The van der Waals surface area contributed by atoms with Gasteiger partial charge in [-0.15, -0.1) is 0 Å². The fraction of sp³-hybridized carbons (Fsp3) is 0.588. The molecule has 1 aliphatic rings. The van der Waals surface area contributed by atoms with Gasteiger partial charge in [0.2, 0.25) is 0 Å². The molecule has 1 aromatic rings. The van der Waals surface area contributed by atoms with Crippen molar-refractivity contribution < 1.29 is 0 Å². The van der Waals surface area contributed by atoms with Crippen LogP contribution in [0.5, 0.6) is 0 Å². The molecule has 0 fully saturated rings. The van der Waals surface area contributed by atoms with E-state index in [1.165, 1.54) is 18.4 Å². The lowest BCUT2D eigenvalue weighted by atomic mass is 9.90. The topological polar surface area (TPSA) is 24.4 Å². The van der Waals surface area contributed by atoms with Crippen LogP contribution in [-0.4, -0.2) is 17.0 Å². The Morgan fingerprint density at radius 1 is 1.25 bits per heavy atom. The van der Waals surface area contributed by atoms with Crippen LogP contribution in [0.3, 0.4) is 0 Å². The summed E-state index contributed by atoms with van der Waals surface area (Å²) in [7, 11) is 0. The van der Waals surface area contributed by atoms with E-state index in [9.17, 15) is 0 Å². The molecule has 1 heterocycles. The molecule has 1 N–H and O–H groups in total. The molecule has 0 amide bonds. The Balaban J connectivity index is 1.85. The molecule has 0 saturated heterocycles. The van der Waals surface area contributed by atoms with Crippen molar-refractivity contribution in [2.45, 2.75) is 52.2 Å². The molecule has 0 radical (unpaired) electrons. The zero-order valence-electron chi connectivity index (χ0n) is 13.1. The van der Waals surface area contributed by atoms with Gasteiger partial charge in [0, 0.05) is 10.9 Å². The SMILES string of the molecule is CCCc1ccc(NC2=NCC(CC(C)(C)C)S2)cc1. The fourth-order valence-corrected chi connectivity index (χ4v) is 3.82. The van der Waals surface area contributed by atoms with Crippen molar-refractivity contribution in [3.05, 3.63) is 29.8 Å². The van der Waals surface area contributed by atoms with Crippen LogP contribution in [0, 0.1) is 5.41 Å². The third-order valence-electron chi connectivity index (χ3n) is 3.30. The van der Waals surface area contributed by atoms with Gasteiger partial charge in [-0.25, -0.2) is 0 Å². The number of nitrogens with zero attached hydrogens (tertiary/aromatic N) is 1. The van der Waals surface area contributed by atoms with Gasteiger partial charge < -0.3 is 5.32 Å². The maximum absolute atomic E-state index is 4.62. The molecule has 3 heteroatoms. The van der Waals surface area contributed by atoms with Gasteiger partial charge in [0.05, 0.1) is 6.54 Å². The Labute approximate surface area is 127 Å². The Bertz CT molecular complexity index is 457. The average Bonchev–Trinajstić information content (AvgIpc) is 2.77. The van der Waals surface area contributed by atoms with Gasteiger partial charge in [0.25, 0.3) is 0 Å². The van der Waals surface area contributed by atoms with Crippen LogP contribution in [-0.2, 0) is 6.42 Å². The van der Waals surface area contributed by atoms with Gasteiger partial charge in [-0.1, -0.05) is 58.0 Å². The largest absolute Gasteiger partial charge is 0.335 e. The zero-order valence-corrected chi connectivity index (χ0v) is 13.9. The summed E-state index contributed by atoms with van der Waals surface area (Å²) >= 11 is 1.89. The van der Waals surface area contributed by atoms with E-state index in [1.807, 2.05) is 11.8 Å². The Hall–Kier alpha value is -0.960. The number of amidine groups is 1. The van der Waals surface area contributed by atoms with E-state index in [0.29, 0.717) is 10.7 Å². The van der Waals surface area contributed by atoms with E-state index >= 15 is 0 Å². The maximum Gasteiger partial charge on any atom is 0.161 e. The molecule has 0 saturated carbocycles. The molecule has 0 bridgehead atoms. The Kier molecular flexibility index (Phi) is 5.14. The van der Waals surface area contributed by atoms with Crippen molar-refractivity contribution in [2.75, 3.05) is 11.9 Å². The summed E-state index contributed by atoms with van der Waals surface area (Å²) < 4.78 is 0. The summed E-state index contributed by atoms with van der Waals surface area (Å²) in [5.41, 5.74) is 2.93.